The smallest absolute Gasteiger partial charge is 0.321 e. The van der Waals surface area contributed by atoms with Crippen molar-refractivity contribution in [3.05, 3.63) is 35.9 Å². The molecule has 140 valence electrons. The molecular formula is C21H26O5. The predicted molar refractivity (Wildman–Crippen MR) is 95.4 cm³/mol. The summed E-state index contributed by atoms with van der Waals surface area (Å²) in [5, 5.41) is 0. The van der Waals surface area contributed by atoms with Crippen molar-refractivity contribution < 1.29 is 23.9 Å². The molecule has 2 atom stereocenters. The Kier molecular flexibility index (Phi) is 5.74. The van der Waals surface area contributed by atoms with Gasteiger partial charge in [0, 0.05) is 5.56 Å². The fraction of sp³-hybridized carbons (Fsp3) is 0.571. The predicted octanol–water partition coefficient (Wildman–Crippen LogP) is 3.42. The van der Waals surface area contributed by atoms with E-state index in [2.05, 4.69) is 0 Å². The van der Waals surface area contributed by atoms with Crippen LogP contribution in [0.5, 0.6) is 0 Å². The first-order valence-corrected chi connectivity index (χ1v) is 9.49. The molecule has 0 aliphatic heterocycles. The van der Waals surface area contributed by atoms with Gasteiger partial charge in [-0.25, -0.2) is 0 Å². The minimum absolute atomic E-state index is 0.0134. The third-order valence-corrected chi connectivity index (χ3v) is 5.23. The molecule has 1 aromatic carbocycles. The van der Waals surface area contributed by atoms with Gasteiger partial charge in [-0.15, -0.1) is 0 Å². The molecule has 0 N–H and O–H groups in total. The molecule has 3 rings (SSSR count). The van der Waals surface area contributed by atoms with E-state index in [1.165, 1.54) is 0 Å². The molecule has 0 saturated heterocycles. The molecule has 2 fully saturated rings. The van der Waals surface area contributed by atoms with Gasteiger partial charge in [0.1, 0.15) is 0 Å². The molecule has 5 nitrogen and oxygen atoms in total. The Bertz CT molecular complexity index is 648. The standard InChI is InChI=1S/C21H26O5/c1-3-25-20(23)18(17(14-9-10-14)15-11-12-15)21(24)26-13(2)19(22)16-7-5-4-6-8-16/h4-8,13-15,17-18H,3,9-12H2,1-2H3. The van der Waals surface area contributed by atoms with Crippen LogP contribution in [-0.4, -0.2) is 30.4 Å². The number of rotatable bonds is 9. The van der Waals surface area contributed by atoms with Crippen molar-refractivity contribution in [3.8, 4) is 0 Å². The molecule has 1 aromatic rings. The molecule has 26 heavy (non-hydrogen) atoms. The second-order valence-corrected chi connectivity index (χ2v) is 7.29. The van der Waals surface area contributed by atoms with Crippen LogP contribution in [0.3, 0.4) is 0 Å². The summed E-state index contributed by atoms with van der Waals surface area (Å²) in [5.74, 6) is -1.55. The number of hydrogen-bond acceptors (Lipinski definition) is 5. The number of ketones is 1. The number of carbonyl (C=O) groups excluding carboxylic acids is 3. The Morgan fingerprint density at radius 1 is 1.00 bits per heavy atom. The van der Waals surface area contributed by atoms with Crippen LogP contribution in [0.2, 0.25) is 0 Å². The van der Waals surface area contributed by atoms with Gasteiger partial charge in [0.25, 0.3) is 0 Å². The van der Waals surface area contributed by atoms with Gasteiger partial charge in [0.05, 0.1) is 6.61 Å². The zero-order valence-electron chi connectivity index (χ0n) is 15.4. The normalized spacial score (nSPS) is 18.9. The van der Waals surface area contributed by atoms with E-state index in [-0.39, 0.29) is 18.3 Å². The number of Topliss-reactive ketones (excluding diaryl/α,β-unsaturated/α-hetero) is 1. The van der Waals surface area contributed by atoms with Crippen molar-refractivity contribution in [2.75, 3.05) is 6.61 Å². The van der Waals surface area contributed by atoms with Crippen molar-refractivity contribution in [3.63, 3.8) is 0 Å². The van der Waals surface area contributed by atoms with Crippen molar-refractivity contribution in [2.45, 2.75) is 45.6 Å². The van der Waals surface area contributed by atoms with Crippen LogP contribution in [0.1, 0.15) is 49.9 Å². The van der Waals surface area contributed by atoms with Crippen molar-refractivity contribution in [1.29, 1.82) is 0 Å². The second-order valence-electron chi connectivity index (χ2n) is 7.29. The van der Waals surface area contributed by atoms with Crippen LogP contribution < -0.4 is 0 Å². The van der Waals surface area contributed by atoms with Crippen LogP contribution in [-0.2, 0) is 19.1 Å². The Morgan fingerprint density at radius 3 is 2.08 bits per heavy atom. The minimum atomic E-state index is -0.930. The summed E-state index contributed by atoms with van der Waals surface area (Å²) in [4.78, 5) is 37.8. The first-order valence-electron chi connectivity index (χ1n) is 9.49. The van der Waals surface area contributed by atoms with E-state index in [4.69, 9.17) is 9.47 Å². The quantitative estimate of drug-likeness (QED) is 0.384. The van der Waals surface area contributed by atoms with Crippen LogP contribution in [0.4, 0.5) is 0 Å². The highest BCUT2D eigenvalue weighted by Crippen LogP contribution is 2.53. The fourth-order valence-corrected chi connectivity index (χ4v) is 3.67. The molecule has 2 saturated carbocycles. The van der Waals surface area contributed by atoms with E-state index >= 15 is 0 Å². The summed E-state index contributed by atoms with van der Waals surface area (Å²) in [6, 6.07) is 8.72. The number of carbonyl (C=O) groups is 3. The third-order valence-electron chi connectivity index (χ3n) is 5.23. The monoisotopic (exact) mass is 358 g/mol. The maximum Gasteiger partial charge on any atom is 0.321 e. The molecule has 2 aliphatic rings. The van der Waals surface area contributed by atoms with Gasteiger partial charge in [0.15, 0.2) is 12.0 Å². The Labute approximate surface area is 154 Å². The number of esters is 2. The highest BCUT2D eigenvalue weighted by Gasteiger charge is 2.52. The molecule has 0 bridgehead atoms. The summed E-state index contributed by atoms with van der Waals surface area (Å²) >= 11 is 0. The lowest BCUT2D eigenvalue weighted by atomic mass is 9.84. The molecular weight excluding hydrogens is 332 g/mol. The SMILES string of the molecule is CCOC(=O)C(C(=O)OC(C)C(=O)c1ccccc1)C(C1CC1)C1CC1. The molecule has 0 radical (unpaired) electrons. The molecule has 0 amide bonds. The Morgan fingerprint density at radius 2 is 1.58 bits per heavy atom. The first-order chi connectivity index (χ1) is 12.5. The largest absolute Gasteiger partial charge is 0.465 e. The molecule has 0 heterocycles. The van der Waals surface area contributed by atoms with E-state index in [1.54, 1.807) is 38.1 Å². The lowest BCUT2D eigenvalue weighted by Gasteiger charge is -2.25. The summed E-state index contributed by atoms with van der Waals surface area (Å²) < 4.78 is 10.6. The zero-order chi connectivity index (χ0) is 18.7. The van der Waals surface area contributed by atoms with Crippen molar-refractivity contribution in [1.82, 2.24) is 0 Å². The van der Waals surface area contributed by atoms with Gasteiger partial charge in [0.2, 0.25) is 5.78 Å². The lowest BCUT2D eigenvalue weighted by molar-refractivity contribution is -0.167. The second kappa shape index (κ2) is 8.02. The van der Waals surface area contributed by atoms with Gasteiger partial charge >= 0.3 is 11.9 Å². The van der Waals surface area contributed by atoms with Gasteiger partial charge in [-0.3, -0.25) is 14.4 Å². The number of hydrogen-bond donors (Lipinski definition) is 0. The average molecular weight is 358 g/mol. The van der Waals surface area contributed by atoms with E-state index in [9.17, 15) is 14.4 Å². The minimum Gasteiger partial charge on any atom is -0.465 e. The zero-order valence-corrected chi connectivity index (χ0v) is 15.4. The van der Waals surface area contributed by atoms with Gasteiger partial charge < -0.3 is 9.47 Å². The molecule has 2 unspecified atom stereocenters. The maximum absolute atomic E-state index is 12.8. The summed E-state index contributed by atoms with van der Waals surface area (Å²) in [6.45, 7) is 3.51. The molecule has 0 spiro atoms. The van der Waals surface area contributed by atoms with Crippen molar-refractivity contribution >= 4 is 17.7 Å². The van der Waals surface area contributed by atoms with Gasteiger partial charge in [-0.2, -0.15) is 0 Å². The topological polar surface area (TPSA) is 69.7 Å². The highest BCUT2D eigenvalue weighted by atomic mass is 16.6. The first kappa shape index (κ1) is 18.6. The fourth-order valence-electron chi connectivity index (χ4n) is 3.67. The summed E-state index contributed by atoms with van der Waals surface area (Å²) in [5.41, 5.74) is 0.487. The maximum atomic E-state index is 12.8. The van der Waals surface area contributed by atoms with Gasteiger partial charge in [-0.05, 0) is 57.3 Å². The third kappa shape index (κ3) is 4.32. The molecule has 0 aromatic heterocycles. The Hall–Kier alpha value is -2.17. The van der Waals surface area contributed by atoms with Crippen molar-refractivity contribution in [2.24, 2.45) is 23.7 Å². The van der Waals surface area contributed by atoms with Crippen LogP contribution in [0.25, 0.3) is 0 Å². The average Bonchev–Trinajstić information content (AvgIpc) is 3.53. The van der Waals surface area contributed by atoms with Gasteiger partial charge in [-0.1, -0.05) is 30.3 Å². The number of ether oxygens (including phenoxy) is 2. The summed E-state index contributed by atoms with van der Waals surface area (Å²) in [6.07, 6.45) is 3.25. The van der Waals surface area contributed by atoms with E-state index < -0.39 is 24.0 Å². The van der Waals surface area contributed by atoms with Crippen LogP contribution >= 0.6 is 0 Å². The lowest BCUT2D eigenvalue weighted by Crippen LogP contribution is -2.39. The van der Waals surface area contributed by atoms with Crippen LogP contribution in [0, 0.1) is 23.7 Å². The molecule has 2 aliphatic carbocycles. The Balaban J connectivity index is 1.72. The van der Waals surface area contributed by atoms with E-state index in [1.807, 2.05) is 6.07 Å². The van der Waals surface area contributed by atoms with E-state index in [0.717, 1.165) is 25.7 Å². The van der Waals surface area contributed by atoms with E-state index in [0.29, 0.717) is 17.4 Å². The highest BCUT2D eigenvalue weighted by molar-refractivity contribution is 6.01. The summed E-state index contributed by atoms with van der Waals surface area (Å²) in [7, 11) is 0. The number of benzene rings is 1. The molecule has 5 heteroatoms. The van der Waals surface area contributed by atoms with Crippen LogP contribution in [0.15, 0.2) is 30.3 Å².